The summed E-state index contributed by atoms with van der Waals surface area (Å²) in [5.41, 5.74) is 11.1. The van der Waals surface area contributed by atoms with E-state index in [-0.39, 0.29) is 24.8 Å². The standard InChI is InChI=1S/2C8H10N.2C6H7.2C2H7Si.2ClH.2Hf/c2*1-6-3-7(2)5-8(9)4-6;2*1-6-4-2-3-5-6;2*1-3-2;;;;/h2*3-5,9H,1-2H3;2*4-5H,2H2,1H3;2*3H,1-2H3;2*1H;;/q2*-1;;;;;;;2*+2/p-2. The van der Waals surface area contributed by atoms with Gasteiger partial charge in [-0.15, -0.1) is 0 Å². The van der Waals surface area contributed by atoms with E-state index in [9.17, 15) is 0 Å². The van der Waals surface area contributed by atoms with Crippen LogP contribution in [0, 0.1) is 27.7 Å². The molecule has 216 valence electrons. The van der Waals surface area contributed by atoms with E-state index >= 15 is 0 Å². The fourth-order valence-electron chi connectivity index (χ4n) is 5.30. The summed E-state index contributed by atoms with van der Waals surface area (Å²) >= 11 is -3.57. The molecule has 0 radical (unpaired) electrons. The van der Waals surface area contributed by atoms with Gasteiger partial charge in [0.25, 0.3) is 0 Å². The molecule has 2 N–H and O–H groups in total. The van der Waals surface area contributed by atoms with Gasteiger partial charge in [-0.25, -0.2) is 0 Å². The monoisotopic (exact) mass is 946 g/mol. The molecule has 0 spiro atoms. The smallest absolute Gasteiger partial charge is 1.00 e. The molecule has 2 aromatic rings. The Hall–Kier alpha value is -0.246. The predicted octanol–water partition coefficient (Wildman–Crippen LogP) is 2.94. The first-order valence-electron chi connectivity index (χ1n) is 14.1. The van der Waals surface area contributed by atoms with Crippen LogP contribution in [-0.4, -0.2) is 12.0 Å². The van der Waals surface area contributed by atoms with Crippen molar-refractivity contribution < 1.29 is 66.6 Å². The topological polar surface area (TPSA) is 24.1 Å². The Labute approximate surface area is 275 Å². The van der Waals surface area contributed by atoms with Crippen LogP contribution >= 0.6 is 0 Å². The van der Waals surface area contributed by atoms with Gasteiger partial charge in [-0.1, -0.05) is 0 Å². The Kier molecular flexibility index (Phi) is 16.8. The first kappa shape index (κ1) is 37.8. The van der Waals surface area contributed by atoms with Crippen LogP contribution in [0.1, 0.15) is 48.9 Å². The van der Waals surface area contributed by atoms with E-state index in [2.05, 4.69) is 135 Å². The van der Waals surface area contributed by atoms with Gasteiger partial charge in [0.15, 0.2) is 0 Å². The first-order chi connectivity index (χ1) is 17.9. The minimum atomic E-state index is -1.79. The van der Waals surface area contributed by atoms with E-state index in [1.807, 2.05) is 0 Å². The quantitative estimate of drug-likeness (QED) is 0.399. The van der Waals surface area contributed by atoms with Crippen molar-refractivity contribution in [2.24, 2.45) is 0 Å². The average Bonchev–Trinajstić information content (AvgIpc) is 3.42. The van der Waals surface area contributed by atoms with Gasteiger partial charge in [-0.2, -0.15) is 0 Å². The zero-order chi connectivity index (χ0) is 28.0. The largest absolute Gasteiger partial charge is 1.00 e. The van der Waals surface area contributed by atoms with Crippen molar-refractivity contribution in [3.05, 3.63) is 101 Å². The molecule has 2 nitrogen and oxygen atoms in total. The van der Waals surface area contributed by atoms with Crippen LogP contribution in [0.15, 0.2) is 78.5 Å². The molecular formula is C32H48Cl2Hf2N2Si2. The fraction of sp³-hybridized carbons (Fsp3) is 0.375. The first-order valence-corrected chi connectivity index (χ1v) is 39.5. The van der Waals surface area contributed by atoms with E-state index in [0.717, 1.165) is 0 Å². The number of hydrogen-bond acceptors (Lipinski definition) is 2. The summed E-state index contributed by atoms with van der Waals surface area (Å²) in [6, 6.07) is 13.7. The average molecular weight is 945 g/mol. The van der Waals surface area contributed by atoms with Gasteiger partial charge in [-0.3, -0.25) is 0 Å². The molecule has 0 amide bonds. The number of anilines is 2. The summed E-state index contributed by atoms with van der Waals surface area (Å²) in [7, 11) is 0. The molecule has 0 fully saturated rings. The van der Waals surface area contributed by atoms with E-state index in [0.29, 0.717) is 0 Å². The van der Waals surface area contributed by atoms with E-state index in [1.165, 1.54) is 57.6 Å². The minimum absolute atomic E-state index is 0. The van der Waals surface area contributed by atoms with Crippen molar-refractivity contribution in [2.45, 2.75) is 80.6 Å². The molecule has 2 aliphatic rings. The Bertz CT molecular complexity index is 1130. The SMILES string of the molecule is CC1=CC[C]([Hf+]([NH]c2cc(C)cc(C)c2)[SiH](C)C)=C1.CC1=CC[C]([Hf+]([NH]c2cc(C)cc(C)c2)[SiH](C)C)=C1.[Cl-].[Cl-]. The second-order valence-corrected chi connectivity index (χ2v) is 63.1. The minimum Gasteiger partial charge on any atom is -1.00 e. The summed E-state index contributed by atoms with van der Waals surface area (Å²) in [4.78, 5) is 0. The molecule has 0 unspecified atom stereocenters. The predicted molar refractivity (Wildman–Crippen MR) is 170 cm³/mol. The Morgan fingerprint density at radius 3 is 1.05 bits per heavy atom. The number of allylic oxidation sites excluding steroid dienone is 8. The molecule has 4 rings (SSSR count). The van der Waals surface area contributed by atoms with Crippen LogP contribution in [0.25, 0.3) is 0 Å². The van der Waals surface area contributed by atoms with Gasteiger partial charge in [0.1, 0.15) is 0 Å². The van der Waals surface area contributed by atoms with Crippen LogP contribution in [0.4, 0.5) is 11.4 Å². The van der Waals surface area contributed by atoms with Crippen molar-refractivity contribution in [1.29, 1.82) is 0 Å². The number of hydrogen-bond donors (Lipinski definition) is 2. The summed E-state index contributed by atoms with van der Waals surface area (Å²) in [6.45, 7) is 23.3. The summed E-state index contributed by atoms with van der Waals surface area (Å²) < 4.78 is 11.6. The molecule has 0 heterocycles. The second kappa shape index (κ2) is 17.8. The van der Waals surface area contributed by atoms with Crippen LogP contribution in [0.3, 0.4) is 0 Å². The van der Waals surface area contributed by atoms with E-state index < -0.39 is 53.8 Å². The number of aryl methyl sites for hydroxylation is 4. The van der Waals surface area contributed by atoms with E-state index in [4.69, 9.17) is 0 Å². The van der Waals surface area contributed by atoms with Crippen molar-refractivity contribution in [2.75, 3.05) is 6.61 Å². The van der Waals surface area contributed by atoms with Gasteiger partial charge in [0.2, 0.25) is 0 Å². The third-order valence-electron chi connectivity index (χ3n) is 6.94. The van der Waals surface area contributed by atoms with Crippen LogP contribution in [0.5, 0.6) is 0 Å². The van der Waals surface area contributed by atoms with Crippen molar-refractivity contribution in [3.63, 3.8) is 0 Å². The number of nitrogens with one attached hydrogen (secondary N) is 2. The van der Waals surface area contributed by atoms with Gasteiger partial charge in [0, 0.05) is 0 Å². The van der Waals surface area contributed by atoms with Crippen molar-refractivity contribution in [3.8, 4) is 0 Å². The molecule has 0 bridgehead atoms. The molecule has 40 heavy (non-hydrogen) atoms. The Morgan fingerprint density at radius 2 is 0.825 bits per heavy atom. The summed E-state index contributed by atoms with van der Waals surface area (Å²) in [5.74, 6) is -1.13. The van der Waals surface area contributed by atoms with Crippen molar-refractivity contribution in [1.82, 2.24) is 0 Å². The van der Waals surface area contributed by atoms with Crippen LogP contribution in [-0.2, 0) is 41.8 Å². The van der Waals surface area contributed by atoms with Gasteiger partial charge in [0.05, 0.1) is 0 Å². The number of halogens is 2. The zero-order valence-corrected chi connectivity index (χ0v) is 37.1. The second-order valence-electron chi connectivity index (χ2n) is 11.8. The van der Waals surface area contributed by atoms with Crippen LogP contribution in [0.2, 0.25) is 26.2 Å². The molecule has 0 saturated carbocycles. The fourth-order valence-corrected chi connectivity index (χ4v) is 45.1. The molecule has 0 atom stereocenters. The van der Waals surface area contributed by atoms with Crippen molar-refractivity contribution >= 4 is 23.3 Å². The Morgan fingerprint density at radius 1 is 0.525 bits per heavy atom. The van der Waals surface area contributed by atoms with E-state index in [1.54, 1.807) is 6.66 Å². The zero-order valence-electron chi connectivity index (χ0n) is 26.1. The summed E-state index contributed by atoms with van der Waals surface area (Å²) in [6.07, 6.45) is 12.1. The third-order valence-corrected chi connectivity index (χ3v) is 54.1. The Balaban J connectivity index is 0.000000381. The molecule has 2 aliphatic carbocycles. The molecule has 0 aliphatic heterocycles. The maximum atomic E-state index is 4.00. The van der Waals surface area contributed by atoms with Gasteiger partial charge < -0.3 is 24.8 Å². The molecule has 8 heteroatoms. The number of rotatable bonds is 8. The third kappa shape index (κ3) is 11.8. The molecule has 2 aromatic carbocycles. The maximum absolute atomic E-state index is 4.00. The molecule has 0 aromatic heterocycles. The normalized spacial score (nSPS) is 13.7. The molecule has 0 saturated heterocycles. The maximum Gasteiger partial charge on any atom is -1.00 e. The molecular weight excluding hydrogens is 896 g/mol. The van der Waals surface area contributed by atoms with Gasteiger partial charge >= 0.3 is 253 Å². The van der Waals surface area contributed by atoms with Crippen LogP contribution < -0.4 is 31.4 Å². The number of benzene rings is 2. The summed E-state index contributed by atoms with van der Waals surface area (Å²) in [5, 5.41) is 0. The van der Waals surface area contributed by atoms with Gasteiger partial charge in [-0.05, 0) is 0 Å².